The number of hydrogen-bond acceptors (Lipinski definition) is 5. The van der Waals surface area contributed by atoms with Crippen molar-refractivity contribution < 1.29 is 34.1 Å². The fraction of sp³-hybridized carbons (Fsp3) is 0.308. The normalized spacial score (nSPS) is 11.5. The Morgan fingerprint density at radius 3 is 2.35 bits per heavy atom. The van der Waals surface area contributed by atoms with Gasteiger partial charge in [0.15, 0.2) is 5.92 Å². The third kappa shape index (κ3) is 3.25. The lowest BCUT2D eigenvalue weighted by Gasteiger charge is -2.14. The molecule has 7 heteroatoms. The standard InChI is InChI=1S/C13H14O7/c1-3-20-13(18)10(12(16)17)8-5-4-7(19-2)6-9(8)11(14)15/h4-6,10H,3H2,1-2H3,(H,14,15)(H,16,17). The van der Waals surface area contributed by atoms with E-state index in [1.54, 1.807) is 0 Å². The van der Waals surface area contributed by atoms with Gasteiger partial charge in [-0.3, -0.25) is 9.59 Å². The molecule has 1 unspecified atom stereocenters. The number of hydrogen-bond donors (Lipinski definition) is 2. The lowest BCUT2D eigenvalue weighted by Crippen LogP contribution is -2.25. The van der Waals surface area contributed by atoms with Gasteiger partial charge in [0, 0.05) is 0 Å². The second-order valence-corrected chi connectivity index (χ2v) is 3.78. The maximum absolute atomic E-state index is 11.7. The predicted octanol–water partition coefficient (Wildman–Crippen LogP) is 1.12. The van der Waals surface area contributed by atoms with Gasteiger partial charge in [0.05, 0.1) is 19.3 Å². The maximum Gasteiger partial charge on any atom is 0.336 e. The van der Waals surface area contributed by atoms with Crippen molar-refractivity contribution in [2.45, 2.75) is 12.8 Å². The molecule has 0 spiro atoms. The number of methoxy groups -OCH3 is 1. The van der Waals surface area contributed by atoms with Crippen LogP contribution in [-0.2, 0) is 14.3 Å². The van der Waals surface area contributed by atoms with Crippen molar-refractivity contribution in [1.82, 2.24) is 0 Å². The van der Waals surface area contributed by atoms with Gasteiger partial charge in [-0.2, -0.15) is 0 Å². The Labute approximate surface area is 114 Å². The van der Waals surface area contributed by atoms with E-state index in [0.717, 1.165) is 6.07 Å². The van der Waals surface area contributed by atoms with Crippen molar-refractivity contribution in [3.8, 4) is 5.75 Å². The molecule has 0 saturated carbocycles. The van der Waals surface area contributed by atoms with E-state index in [1.165, 1.54) is 26.2 Å². The molecule has 0 saturated heterocycles. The molecule has 0 heterocycles. The number of ether oxygens (including phenoxy) is 2. The smallest absolute Gasteiger partial charge is 0.336 e. The summed E-state index contributed by atoms with van der Waals surface area (Å²) >= 11 is 0. The number of aliphatic carboxylic acids is 1. The Bertz CT molecular complexity index is 536. The SMILES string of the molecule is CCOC(=O)C(C(=O)O)c1ccc(OC)cc1C(=O)O. The fourth-order valence-corrected chi connectivity index (χ4v) is 1.69. The summed E-state index contributed by atoms with van der Waals surface area (Å²) in [5.74, 6) is -5.27. The number of carbonyl (C=O) groups is 3. The molecule has 108 valence electrons. The van der Waals surface area contributed by atoms with Crippen LogP contribution in [0, 0.1) is 0 Å². The molecule has 0 aliphatic carbocycles. The van der Waals surface area contributed by atoms with Crippen LogP contribution >= 0.6 is 0 Å². The molecule has 1 aromatic rings. The largest absolute Gasteiger partial charge is 0.497 e. The highest BCUT2D eigenvalue weighted by atomic mass is 16.5. The Hall–Kier alpha value is -2.57. The van der Waals surface area contributed by atoms with Gasteiger partial charge in [0.2, 0.25) is 0 Å². The second kappa shape index (κ2) is 6.55. The van der Waals surface area contributed by atoms with Crippen molar-refractivity contribution in [2.24, 2.45) is 0 Å². The van der Waals surface area contributed by atoms with Crippen LogP contribution in [0.25, 0.3) is 0 Å². The zero-order valence-corrected chi connectivity index (χ0v) is 11.0. The number of rotatable bonds is 6. The number of carboxylic acid groups (broad SMARTS) is 2. The first-order valence-electron chi connectivity index (χ1n) is 5.73. The number of aromatic carboxylic acids is 1. The highest BCUT2D eigenvalue weighted by Gasteiger charge is 2.33. The summed E-state index contributed by atoms with van der Waals surface area (Å²) in [6.45, 7) is 1.53. The summed E-state index contributed by atoms with van der Waals surface area (Å²) in [7, 11) is 1.35. The van der Waals surface area contributed by atoms with Gasteiger partial charge in [-0.15, -0.1) is 0 Å². The molecule has 1 atom stereocenters. The Balaban J connectivity index is 3.36. The zero-order valence-electron chi connectivity index (χ0n) is 11.0. The number of esters is 1. The first-order chi connectivity index (χ1) is 9.42. The zero-order chi connectivity index (χ0) is 15.3. The van der Waals surface area contributed by atoms with Crippen LogP contribution in [0.1, 0.15) is 28.8 Å². The van der Waals surface area contributed by atoms with Crippen molar-refractivity contribution in [3.05, 3.63) is 29.3 Å². The Morgan fingerprint density at radius 2 is 1.90 bits per heavy atom. The van der Waals surface area contributed by atoms with Gasteiger partial charge >= 0.3 is 17.9 Å². The second-order valence-electron chi connectivity index (χ2n) is 3.78. The topological polar surface area (TPSA) is 110 Å². The van der Waals surface area contributed by atoms with Crippen LogP contribution in [0.5, 0.6) is 5.75 Å². The summed E-state index contributed by atoms with van der Waals surface area (Å²) in [4.78, 5) is 34.1. The lowest BCUT2D eigenvalue weighted by atomic mass is 9.94. The molecule has 20 heavy (non-hydrogen) atoms. The fourth-order valence-electron chi connectivity index (χ4n) is 1.69. The molecule has 1 rings (SSSR count). The molecular weight excluding hydrogens is 268 g/mol. The van der Waals surface area contributed by atoms with Gasteiger partial charge in [-0.05, 0) is 24.6 Å². The third-order valence-corrected chi connectivity index (χ3v) is 2.57. The number of carbonyl (C=O) groups excluding carboxylic acids is 1. The van der Waals surface area contributed by atoms with E-state index in [0.29, 0.717) is 0 Å². The first-order valence-corrected chi connectivity index (χ1v) is 5.73. The van der Waals surface area contributed by atoms with Gasteiger partial charge < -0.3 is 19.7 Å². The number of benzene rings is 1. The van der Waals surface area contributed by atoms with E-state index in [2.05, 4.69) is 4.74 Å². The Morgan fingerprint density at radius 1 is 1.25 bits per heavy atom. The van der Waals surface area contributed by atoms with E-state index in [-0.39, 0.29) is 23.5 Å². The minimum absolute atomic E-state index is 0.00116. The van der Waals surface area contributed by atoms with Gasteiger partial charge in [-0.25, -0.2) is 4.79 Å². The van der Waals surface area contributed by atoms with E-state index in [4.69, 9.17) is 14.9 Å². The number of carboxylic acids is 2. The molecular formula is C13H14O7. The average Bonchev–Trinajstić information content (AvgIpc) is 2.38. The lowest BCUT2D eigenvalue weighted by molar-refractivity contribution is -0.153. The quantitative estimate of drug-likeness (QED) is 0.594. The van der Waals surface area contributed by atoms with Crippen LogP contribution in [-0.4, -0.2) is 41.8 Å². The van der Waals surface area contributed by atoms with Crippen LogP contribution in [0.4, 0.5) is 0 Å². The molecule has 0 aliphatic rings. The van der Waals surface area contributed by atoms with Gasteiger partial charge in [0.1, 0.15) is 5.75 Å². The molecule has 0 aromatic heterocycles. The van der Waals surface area contributed by atoms with E-state index >= 15 is 0 Å². The monoisotopic (exact) mass is 282 g/mol. The van der Waals surface area contributed by atoms with E-state index < -0.39 is 23.8 Å². The van der Waals surface area contributed by atoms with Gasteiger partial charge in [-0.1, -0.05) is 6.07 Å². The third-order valence-electron chi connectivity index (χ3n) is 2.57. The Kier molecular flexibility index (Phi) is 5.08. The van der Waals surface area contributed by atoms with Crippen LogP contribution < -0.4 is 4.74 Å². The summed E-state index contributed by atoms with van der Waals surface area (Å²) in [5, 5.41) is 18.3. The molecule has 0 amide bonds. The van der Waals surface area contributed by atoms with Crippen molar-refractivity contribution in [2.75, 3.05) is 13.7 Å². The first kappa shape index (κ1) is 15.5. The average molecular weight is 282 g/mol. The van der Waals surface area contributed by atoms with E-state index in [1.807, 2.05) is 0 Å². The highest BCUT2D eigenvalue weighted by molar-refractivity contribution is 6.03. The van der Waals surface area contributed by atoms with Crippen LogP contribution in [0.15, 0.2) is 18.2 Å². The van der Waals surface area contributed by atoms with Crippen molar-refractivity contribution >= 4 is 17.9 Å². The summed E-state index contributed by atoms with van der Waals surface area (Å²) in [5.41, 5.74) is -0.464. The summed E-state index contributed by atoms with van der Waals surface area (Å²) in [6.07, 6.45) is 0. The molecule has 0 bridgehead atoms. The van der Waals surface area contributed by atoms with Crippen LogP contribution in [0.3, 0.4) is 0 Å². The minimum atomic E-state index is -1.69. The summed E-state index contributed by atoms with van der Waals surface area (Å²) < 4.78 is 9.55. The molecule has 7 nitrogen and oxygen atoms in total. The molecule has 2 N–H and O–H groups in total. The molecule has 0 aliphatic heterocycles. The minimum Gasteiger partial charge on any atom is -0.497 e. The summed E-state index contributed by atoms with van der Waals surface area (Å²) in [6, 6.07) is 3.78. The van der Waals surface area contributed by atoms with Crippen LogP contribution in [0.2, 0.25) is 0 Å². The maximum atomic E-state index is 11.7. The van der Waals surface area contributed by atoms with E-state index in [9.17, 15) is 14.4 Å². The molecule has 0 fully saturated rings. The molecule has 0 radical (unpaired) electrons. The highest BCUT2D eigenvalue weighted by Crippen LogP contribution is 2.26. The van der Waals surface area contributed by atoms with Gasteiger partial charge in [0.25, 0.3) is 0 Å². The molecule has 1 aromatic carbocycles. The van der Waals surface area contributed by atoms with Crippen molar-refractivity contribution in [1.29, 1.82) is 0 Å². The van der Waals surface area contributed by atoms with Crippen molar-refractivity contribution in [3.63, 3.8) is 0 Å². The predicted molar refractivity (Wildman–Crippen MR) is 67.0 cm³/mol.